The number of alkyl halides is 2. The van der Waals surface area contributed by atoms with Gasteiger partial charge in [-0.2, -0.15) is 0 Å². The Hall–Kier alpha value is -2.91. The topological polar surface area (TPSA) is 96.5 Å². The Morgan fingerprint density at radius 2 is 2.21 bits per heavy atom. The lowest BCUT2D eigenvalue weighted by Crippen LogP contribution is -2.44. The van der Waals surface area contributed by atoms with Gasteiger partial charge in [0, 0.05) is 31.9 Å². The number of carbonyl (C=O) groups is 1. The molecule has 1 saturated heterocycles. The molecule has 1 aromatic heterocycles. The average molecular weight is 406 g/mol. The molecule has 2 bridgehead atoms. The standard InChI is InChI=1S/C19H21F3N6O/c1-24-8-11(7-23)26-18-25-9-15(20)16(27-18)10-4-12-2-3-13(5-10)28(12)17(29)14-6-19(14,21)22/h4,7-9,12-14H,2-3,5-6,23H2,1H3,(H,25,26,27). The van der Waals surface area contributed by atoms with Crippen molar-refractivity contribution in [2.75, 3.05) is 12.4 Å². The summed E-state index contributed by atoms with van der Waals surface area (Å²) in [5, 5.41) is 2.86. The van der Waals surface area contributed by atoms with Crippen LogP contribution in [0.2, 0.25) is 0 Å². The van der Waals surface area contributed by atoms with Crippen molar-refractivity contribution in [3.63, 3.8) is 0 Å². The third-order valence-corrected chi connectivity index (χ3v) is 5.53. The molecule has 1 aliphatic carbocycles. The van der Waals surface area contributed by atoms with Gasteiger partial charge >= 0.3 is 0 Å². The lowest BCUT2D eigenvalue weighted by atomic mass is 9.97. The van der Waals surface area contributed by atoms with Crippen LogP contribution in [0, 0.1) is 11.7 Å². The van der Waals surface area contributed by atoms with Crippen LogP contribution in [0.1, 0.15) is 31.4 Å². The van der Waals surface area contributed by atoms with Crippen LogP contribution in [-0.2, 0) is 4.79 Å². The Morgan fingerprint density at radius 1 is 1.45 bits per heavy atom. The van der Waals surface area contributed by atoms with E-state index in [0.29, 0.717) is 30.5 Å². The predicted molar refractivity (Wildman–Crippen MR) is 102 cm³/mol. The Labute approximate surface area is 165 Å². The molecule has 1 amide bonds. The maximum absolute atomic E-state index is 14.5. The van der Waals surface area contributed by atoms with Crippen LogP contribution < -0.4 is 11.1 Å². The fourth-order valence-corrected chi connectivity index (χ4v) is 4.05. The largest absolute Gasteiger partial charge is 0.403 e. The van der Waals surface area contributed by atoms with Gasteiger partial charge in [-0.3, -0.25) is 9.79 Å². The Kier molecular flexibility index (Phi) is 4.79. The molecule has 3 atom stereocenters. The first kappa shape index (κ1) is 19.4. The van der Waals surface area contributed by atoms with E-state index in [1.165, 1.54) is 12.4 Å². The number of anilines is 1. The monoisotopic (exact) mass is 406 g/mol. The maximum atomic E-state index is 14.5. The molecule has 3 unspecified atom stereocenters. The third-order valence-electron chi connectivity index (χ3n) is 5.53. The SMILES string of the molecule is CN=CC(=CN)Nc1ncc(F)c(C2=CC3CCC(C2)N3C(=O)C2CC2(F)F)n1. The molecule has 0 spiro atoms. The second-order valence-corrected chi connectivity index (χ2v) is 7.48. The van der Waals surface area contributed by atoms with Crippen molar-refractivity contribution in [1.82, 2.24) is 14.9 Å². The molecule has 154 valence electrons. The van der Waals surface area contributed by atoms with E-state index in [4.69, 9.17) is 5.73 Å². The number of nitrogens with zero attached hydrogens (tertiary/aromatic N) is 4. The first-order valence-corrected chi connectivity index (χ1v) is 9.38. The number of hydrogen-bond acceptors (Lipinski definition) is 6. The minimum atomic E-state index is -2.89. The smallest absolute Gasteiger partial charge is 0.260 e. The molecule has 4 rings (SSSR count). The quantitative estimate of drug-likeness (QED) is 0.732. The first-order valence-electron chi connectivity index (χ1n) is 9.38. The molecule has 7 nitrogen and oxygen atoms in total. The number of aliphatic imine (C=N–C) groups is 1. The third kappa shape index (κ3) is 3.58. The van der Waals surface area contributed by atoms with Crippen molar-refractivity contribution >= 4 is 23.6 Å². The van der Waals surface area contributed by atoms with E-state index < -0.39 is 23.6 Å². The molecule has 2 aliphatic heterocycles. The van der Waals surface area contributed by atoms with Crippen LogP contribution in [-0.4, -0.2) is 52.0 Å². The molecule has 3 aliphatic rings. The van der Waals surface area contributed by atoms with Crippen molar-refractivity contribution in [3.05, 3.63) is 35.7 Å². The van der Waals surface area contributed by atoms with Gasteiger partial charge in [0.15, 0.2) is 5.82 Å². The highest BCUT2D eigenvalue weighted by Crippen LogP contribution is 2.51. The zero-order chi connectivity index (χ0) is 20.8. The van der Waals surface area contributed by atoms with E-state index in [0.717, 1.165) is 6.20 Å². The van der Waals surface area contributed by atoms with Crippen LogP contribution in [0.25, 0.3) is 5.57 Å². The number of fused-ring (bicyclic) bond motifs is 2. The number of nitrogens with two attached hydrogens (primary N) is 1. The van der Waals surface area contributed by atoms with E-state index in [1.807, 2.05) is 0 Å². The molecule has 0 radical (unpaired) electrons. The van der Waals surface area contributed by atoms with Gasteiger partial charge in [-0.05, 0) is 24.8 Å². The van der Waals surface area contributed by atoms with Crippen molar-refractivity contribution in [1.29, 1.82) is 0 Å². The van der Waals surface area contributed by atoms with Gasteiger partial charge in [-0.25, -0.2) is 23.1 Å². The number of rotatable bonds is 5. The number of allylic oxidation sites excluding steroid dienone is 1. The first-order chi connectivity index (χ1) is 13.8. The number of halogens is 3. The molecular weight excluding hydrogens is 385 g/mol. The van der Waals surface area contributed by atoms with Gasteiger partial charge in [0.2, 0.25) is 11.9 Å². The molecule has 29 heavy (non-hydrogen) atoms. The Morgan fingerprint density at radius 3 is 2.83 bits per heavy atom. The lowest BCUT2D eigenvalue weighted by molar-refractivity contribution is -0.137. The summed E-state index contributed by atoms with van der Waals surface area (Å²) in [6.07, 6.45) is 6.94. The van der Waals surface area contributed by atoms with Gasteiger partial charge in [0.25, 0.3) is 5.92 Å². The van der Waals surface area contributed by atoms with E-state index in [9.17, 15) is 18.0 Å². The van der Waals surface area contributed by atoms with Crippen LogP contribution in [0.15, 0.2) is 29.2 Å². The van der Waals surface area contributed by atoms with E-state index in [-0.39, 0.29) is 30.1 Å². The van der Waals surface area contributed by atoms with Crippen molar-refractivity contribution in [3.8, 4) is 0 Å². The molecule has 0 aromatic carbocycles. The summed E-state index contributed by atoms with van der Waals surface area (Å²) in [7, 11) is 1.58. The molecule has 10 heteroatoms. The Bertz CT molecular complexity index is 929. The average Bonchev–Trinajstić information content (AvgIpc) is 3.25. The van der Waals surface area contributed by atoms with Gasteiger partial charge in [0.05, 0.1) is 17.9 Å². The maximum Gasteiger partial charge on any atom is 0.260 e. The van der Waals surface area contributed by atoms with Crippen LogP contribution in [0.5, 0.6) is 0 Å². The normalized spacial score (nSPS) is 27.9. The summed E-state index contributed by atoms with van der Waals surface area (Å²) >= 11 is 0. The second kappa shape index (κ2) is 7.16. The highest BCUT2D eigenvalue weighted by molar-refractivity contribution is 5.85. The van der Waals surface area contributed by atoms with E-state index >= 15 is 0 Å². The highest BCUT2D eigenvalue weighted by Gasteiger charge is 2.63. The minimum Gasteiger partial charge on any atom is -0.403 e. The van der Waals surface area contributed by atoms with E-state index in [1.54, 1.807) is 18.0 Å². The zero-order valence-electron chi connectivity index (χ0n) is 15.8. The fraction of sp³-hybridized carbons (Fsp3) is 0.474. The number of hydrogen-bond donors (Lipinski definition) is 2. The molecular formula is C19H21F3N6O. The summed E-state index contributed by atoms with van der Waals surface area (Å²) in [6.45, 7) is 0. The number of carbonyl (C=O) groups excluding carboxylic acids is 1. The van der Waals surface area contributed by atoms with Gasteiger partial charge < -0.3 is 16.0 Å². The summed E-state index contributed by atoms with van der Waals surface area (Å²) in [6, 6.07) is -0.536. The molecule has 1 aromatic rings. The molecule has 3 heterocycles. The van der Waals surface area contributed by atoms with Gasteiger partial charge in [-0.15, -0.1) is 0 Å². The van der Waals surface area contributed by atoms with Crippen molar-refractivity contribution in [2.24, 2.45) is 16.6 Å². The summed E-state index contributed by atoms with van der Waals surface area (Å²) in [5.41, 5.74) is 6.74. The van der Waals surface area contributed by atoms with Crippen LogP contribution in [0.4, 0.5) is 19.1 Å². The summed E-state index contributed by atoms with van der Waals surface area (Å²) in [5.74, 6) is -5.04. The van der Waals surface area contributed by atoms with Crippen molar-refractivity contribution in [2.45, 2.75) is 43.7 Å². The Balaban J connectivity index is 1.57. The summed E-state index contributed by atoms with van der Waals surface area (Å²) < 4.78 is 41.1. The van der Waals surface area contributed by atoms with E-state index in [2.05, 4.69) is 20.3 Å². The van der Waals surface area contributed by atoms with Gasteiger partial charge in [-0.1, -0.05) is 6.08 Å². The molecule has 3 N–H and O–H groups in total. The van der Waals surface area contributed by atoms with Crippen molar-refractivity contribution < 1.29 is 18.0 Å². The molecule has 1 saturated carbocycles. The minimum absolute atomic E-state index is 0.132. The van der Waals surface area contributed by atoms with Crippen LogP contribution >= 0.6 is 0 Å². The number of amides is 1. The fourth-order valence-electron chi connectivity index (χ4n) is 4.05. The van der Waals surface area contributed by atoms with Gasteiger partial charge in [0.1, 0.15) is 11.6 Å². The molecule has 2 fully saturated rings. The highest BCUT2D eigenvalue weighted by atomic mass is 19.3. The number of nitrogens with one attached hydrogen (secondary N) is 1. The lowest BCUT2D eigenvalue weighted by Gasteiger charge is -2.34. The summed E-state index contributed by atoms with van der Waals surface area (Å²) in [4.78, 5) is 26.1. The number of aromatic nitrogens is 2. The predicted octanol–water partition coefficient (Wildman–Crippen LogP) is 2.33. The zero-order valence-corrected chi connectivity index (χ0v) is 15.8. The van der Waals surface area contributed by atoms with Crippen LogP contribution in [0.3, 0.4) is 0 Å². The second-order valence-electron chi connectivity index (χ2n) is 7.48.